The molecule has 0 spiro atoms. The van der Waals surface area contributed by atoms with Crippen LogP contribution in [0.5, 0.6) is 0 Å². The van der Waals surface area contributed by atoms with Crippen molar-refractivity contribution in [1.82, 2.24) is 0 Å². The molecule has 0 saturated carbocycles. The molecular formula is H3BBaO4S. The molecule has 0 aliphatic heterocycles. The SMILES string of the molecule is B.O=S(=O)([O-])[O-].[Ba+2]. The molecule has 0 aromatic carbocycles. The average molecular weight is 247 g/mol. The molecule has 0 atom stereocenters. The summed E-state index contributed by atoms with van der Waals surface area (Å²) in [4.78, 5) is 0. The fraction of sp³-hybridized carbons (Fsp3) is 0. The third-order valence-electron chi connectivity index (χ3n) is 0. The number of hydrogen-bond acceptors (Lipinski definition) is 4. The van der Waals surface area contributed by atoms with Crippen LogP contribution in [0.15, 0.2) is 0 Å². The Morgan fingerprint density at radius 3 is 1.14 bits per heavy atom. The maximum Gasteiger partial charge on any atom is 2.00 e. The molecule has 0 aliphatic rings. The predicted octanol–water partition coefficient (Wildman–Crippen LogP) is -2.90. The Bertz CT molecular complexity index is 94.9. The first-order valence-corrected chi connectivity index (χ1v) is 2.00. The van der Waals surface area contributed by atoms with Gasteiger partial charge in [0.15, 0.2) is 0 Å². The average Bonchev–Trinajstić information content (AvgIpc) is 0.722. The van der Waals surface area contributed by atoms with Gasteiger partial charge < -0.3 is 9.11 Å². The van der Waals surface area contributed by atoms with Crippen molar-refractivity contribution < 1.29 is 17.5 Å². The standard InChI is InChI=1S/BH3.Ba.H2O4S/c;;1-5(2,3)4/h1H3;;(H2,1,2,3,4)/q;+2;/p-2. The smallest absolute Gasteiger partial charge is 0.759 e. The second-order valence-electron chi connectivity index (χ2n) is 0.408. The van der Waals surface area contributed by atoms with E-state index in [4.69, 9.17) is 17.5 Å². The van der Waals surface area contributed by atoms with E-state index in [0.717, 1.165) is 0 Å². The van der Waals surface area contributed by atoms with Crippen molar-refractivity contribution in [3.8, 4) is 0 Å². The maximum absolute atomic E-state index is 8.52. The summed E-state index contributed by atoms with van der Waals surface area (Å²) < 4.78 is 34.1. The monoisotopic (exact) mass is 248 g/mol. The van der Waals surface area contributed by atoms with Crippen LogP contribution in [0, 0.1) is 0 Å². The third kappa shape index (κ3) is 100. The minimum Gasteiger partial charge on any atom is -0.759 e. The first kappa shape index (κ1) is 15.8. The van der Waals surface area contributed by atoms with Gasteiger partial charge in [0.05, 0.1) is 8.41 Å². The summed E-state index contributed by atoms with van der Waals surface area (Å²) >= 11 is 0. The minimum absolute atomic E-state index is 0. The Balaban J connectivity index is -0.0000000800. The van der Waals surface area contributed by atoms with Gasteiger partial charge in [-0.05, 0) is 0 Å². The van der Waals surface area contributed by atoms with E-state index in [1.54, 1.807) is 0 Å². The van der Waals surface area contributed by atoms with Crippen molar-refractivity contribution >= 4 is 67.7 Å². The number of rotatable bonds is 0. The molecule has 7 heavy (non-hydrogen) atoms. The van der Waals surface area contributed by atoms with Gasteiger partial charge in [-0.15, -0.1) is 0 Å². The summed E-state index contributed by atoms with van der Waals surface area (Å²) in [7, 11) is -5.17. The van der Waals surface area contributed by atoms with E-state index in [-0.39, 0.29) is 57.3 Å². The zero-order chi connectivity index (χ0) is 4.50. The normalized spacial score (nSPS) is 8.29. The topological polar surface area (TPSA) is 80.3 Å². The Kier molecular flexibility index (Phi) is 12.7. The van der Waals surface area contributed by atoms with Gasteiger partial charge in [0, 0.05) is 10.4 Å². The molecule has 0 fully saturated rings. The summed E-state index contributed by atoms with van der Waals surface area (Å²) in [6.07, 6.45) is 0. The van der Waals surface area contributed by atoms with Crippen molar-refractivity contribution in [2.45, 2.75) is 0 Å². The van der Waals surface area contributed by atoms with E-state index >= 15 is 0 Å². The zero-order valence-electron chi connectivity index (χ0n) is 2.75. The van der Waals surface area contributed by atoms with Crippen molar-refractivity contribution in [3.05, 3.63) is 0 Å². The summed E-state index contributed by atoms with van der Waals surface area (Å²) in [5, 5.41) is 0. The van der Waals surface area contributed by atoms with Gasteiger partial charge in [-0.1, -0.05) is 0 Å². The first-order valence-electron chi connectivity index (χ1n) is 0.667. The van der Waals surface area contributed by atoms with Crippen LogP contribution in [0.4, 0.5) is 0 Å². The molecule has 0 bridgehead atoms. The first-order chi connectivity index (χ1) is 2.00. The summed E-state index contributed by atoms with van der Waals surface area (Å²) in [6, 6.07) is 0. The van der Waals surface area contributed by atoms with Gasteiger partial charge in [0.1, 0.15) is 0 Å². The molecule has 4 nitrogen and oxygen atoms in total. The van der Waals surface area contributed by atoms with Crippen molar-refractivity contribution in [2.75, 3.05) is 0 Å². The molecule has 0 N–H and O–H groups in total. The fourth-order valence-corrected chi connectivity index (χ4v) is 0. The van der Waals surface area contributed by atoms with Crippen LogP contribution in [0.3, 0.4) is 0 Å². The van der Waals surface area contributed by atoms with Crippen molar-refractivity contribution in [2.24, 2.45) is 0 Å². The summed E-state index contributed by atoms with van der Waals surface area (Å²) in [5.41, 5.74) is 0. The predicted molar refractivity (Wildman–Crippen MR) is 26.2 cm³/mol. The van der Waals surface area contributed by atoms with Crippen LogP contribution in [0.25, 0.3) is 0 Å². The zero-order valence-corrected chi connectivity index (χ0v) is 8.01. The van der Waals surface area contributed by atoms with Crippen LogP contribution in [0.2, 0.25) is 0 Å². The molecule has 38 valence electrons. The van der Waals surface area contributed by atoms with Crippen LogP contribution in [0.1, 0.15) is 0 Å². The second-order valence-corrected chi connectivity index (χ2v) is 1.22. The van der Waals surface area contributed by atoms with Gasteiger partial charge in [-0.25, -0.2) is 0 Å². The van der Waals surface area contributed by atoms with E-state index in [9.17, 15) is 0 Å². The van der Waals surface area contributed by atoms with Crippen LogP contribution in [-0.4, -0.2) is 74.8 Å². The maximum atomic E-state index is 8.52. The summed E-state index contributed by atoms with van der Waals surface area (Å²) in [6.45, 7) is 0. The molecule has 0 aromatic rings. The van der Waals surface area contributed by atoms with Crippen LogP contribution < -0.4 is 0 Å². The molecule has 0 heterocycles. The van der Waals surface area contributed by atoms with E-state index in [0.29, 0.717) is 0 Å². The molecule has 0 aliphatic carbocycles. The Morgan fingerprint density at radius 1 is 1.14 bits per heavy atom. The van der Waals surface area contributed by atoms with Gasteiger partial charge in [0.2, 0.25) is 0 Å². The van der Waals surface area contributed by atoms with Gasteiger partial charge >= 0.3 is 48.9 Å². The summed E-state index contributed by atoms with van der Waals surface area (Å²) in [5.74, 6) is 0. The Labute approximate surface area is 83.9 Å². The van der Waals surface area contributed by atoms with Crippen LogP contribution >= 0.6 is 0 Å². The Hall–Kier alpha value is 1.51. The molecule has 0 saturated heterocycles. The Morgan fingerprint density at radius 2 is 1.14 bits per heavy atom. The molecule has 0 rings (SSSR count). The van der Waals surface area contributed by atoms with Gasteiger partial charge in [-0.3, -0.25) is 8.42 Å². The molecule has 7 heteroatoms. The second kappa shape index (κ2) is 5.64. The van der Waals surface area contributed by atoms with Gasteiger partial charge in [-0.2, -0.15) is 0 Å². The molecule has 0 radical (unpaired) electrons. The van der Waals surface area contributed by atoms with Crippen LogP contribution in [-0.2, 0) is 10.4 Å². The van der Waals surface area contributed by atoms with Crippen molar-refractivity contribution in [3.63, 3.8) is 0 Å². The van der Waals surface area contributed by atoms with E-state index in [2.05, 4.69) is 0 Å². The van der Waals surface area contributed by atoms with Crippen molar-refractivity contribution in [1.29, 1.82) is 0 Å². The molecule has 0 unspecified atom stereocenters. The fourth-order valence-electron chi connectivity index (χ4n) is 0. The molecular weight excluding hydrogens is 244 g/mol. The minimum atomic E-state index is -5.17. The molecule has 0 amide bonds. The van der Waals surface area contributed by atoms with Gasteiger partial charge in [0.25, 0.3) is 0 Å². The molecule has 0 aromatic heterocycles. The van der Waals surface area contributed by atoms with E-state index in [1.807, 2.05) is 0 Å². The largest absolute Gasteiger partial charge is 2.00 e. The quantitative estimate of drug-likeness (QED) is 0.261. The number of hydrogen-bond donors (Lipinski definition) is 0. The van der Waals surface area contributed by atoms with E-state index in [1.165, 1.54) is 0 Å². The third-order valence-corrected chi connectivity index (χ3v) is 0. The van der Waals surface area contributed by atoms with E-state index < -0.39 is 10.4 Å².